The molecule has 4 heterocycles. The van der Waals surface area contributed by atoms with E-state index in [1.165, 1.54) is 12.3 Å². The van der Waals surface area contributed by atoms with Crippen LogP contribution in [0.2, 0.25) is 0 Å². The van der Waals surface area contributed by atoms with Crippen LogP contribution in [0.1, 0.15) is 29.6 Å². The van der Waals surface area contributed by atoms with Crippen molar-refractivity contribution in [2.75, 3.05) is 77.8 Å². The van der Waals surface area contributed by atoms with Gasteiger partial charge in [-0.1, -0.05) is 24.3 Å². The number of anilines is 1. The summed E-state index contributed by atoms with van der Waals surface area (Å²) in [5.41, 5.74) is -0.414. The fourth-order valence-corrected chi connectivity index (χ4v) is 7.55. The van der Waals surface area contributed by atoms with Crippen molar-refractivity contribution in [3.63, 3.8) is 0 Å². The zero-order chi connectivity index (χ0) is 34.5. The third-order valence-corrected chi connectivity index (χ3v) is 10.4. The maximum atomic E-state index is 16.0. The van der Waals surface area contributed by atoms with Gasteiger partial charge in [0, 0.05) is 73.6 Å². The third-order valence-electron chi connectivity index (χ3n) is 10.4. The van der Waals surface area contributed by atoms with E-state index in [-0.39, 0.29) is 54.9 Å². The number of hydrogen-bond donors (Lipinski definition) is 2. The molecule has 8 rings (SSSR count). The van der Waals surface area contributed by atoms with Crippen molar-refractivity contribution in [3.05, 3.63) is 90.7 Å². The Balaban J connectivity index is 1.25. The molecule has 0 saturated carbocycles. The largest absolute Gasteiger partial charge is 0.451 e. The van der Waals surface area contributed by atoms with Gasteiger partial charge in [-0.3, -0.25) is 19.2 Å². The molecule has 12 heteroatoms. The van der Waals surface area contributed by atoms with Crippen LogP contribution in [0.3, 0.4) is 0 Å². The number of carbonyl (C=O) groups excluding carboxylic acids is 1. The first kappa shape index (κ1) is 32.3. The zero-order valence-corrected chi connectivity index (χ0v) is 28.0. The molecule has 2 aliphatic heterocycles. The second-order valence-corrected chi connectivity index (χ2v) is 13.6. The van der Waals surface area contributed by atoms with Gasteiger partial charge in [-0.2, -0.15) is 0 Å². The first-order valence-electron chi connectivity index (χ1n) is 17.4. The summed E-state index contributed by atoms with van der Waals surface area (Å²) in [7, 11) is 2.10. The molecule has 6 aromatic rings. The van der Waals surface area contributed by atoms with Gasteiger partial charge in [0.15, 0.2) is 27.8 Å². The Hall–Kier alpha value is -4.91. The van der Waals surface area contributed by atoms with E-state index in [9.17, 15) is 19.2 Å². The van der Waals surface area contributed by atoms with E-state index >= 15 is 4.39 Å². The van der Waals surface area contributed by atoms with Crippen LogP contribution >= 0.6 is 0 Å². The molecule has 0 aliphatic carbocycles. The van der Waals surface area contributed by atoms with Crippen molar-refractivity contribution in [3.8, 4) is 0 Å². The number of amides is 1. The molecule has 0 radical (unpaired) electrons. The van der Waals surface area contributed by atoms with Gasteiger partial charge in [-0.05, 0) is 64.1 Å². The number of fused-ring (bicyclic) bond motifs is 4. The number of pyridine rings is 1. The summed E-state index contributed by atoms with van der Waals surface area (Å²) in [6.45, 7) is 8.24. The lowest BCUT2D eigenvalue weighted by Gasteiger charge is -2.32. The number of benzene rings is 4. The quantitative estimate of drug-likeness (QED) is 0.134. The minimum absolute atomic E-state index is 0.0243. The van der Waals surface area contributed by atoms with Crippen molar-refractivity contribution in [1.29, 1.82) is 0 Å². The van der Waals surface area contributed by atoms with Crippen LogP contribution in [0.15, 0.2) is 67.5 Å². The molecule has 50 heavy (non-hydrogen) atoms. The molecule has 0 atom stereocenters. The van der Waals surface area contributed by atoms with E-state index < -0.39 is 17.2 Å². The lowest BCUT2D eigenvalue weighted by Crippen LogP contribution is -2.45. The number of likely N-dealkylation sites (tertiary alicyclic amines) is 1. The Labute approximate surface area is 286 Å². The molecule has 4 aromatic carbocycles. The number of halogens is 1. The van der Waals surface area contributed by atoms with E-state index in [2.05, 4.69) is 32.4 Å². The van der Waals surface area contributed by atoms with E-state index in [1.54, 1.807) is 34.7 Å². The SMILES string of the molecule is CN1CCN(CCCNC(=O)c2cn3c4cc5c(=O)c6ccccc6c(=O)c5cc4oc4c(NCCN5CCCC5)c(F)cc(c2=O)c43)CC1. The van der Waals surface area contributed by atoms with Crippen LogP contribution < -0.4 is 26.9 Å². The predicted molar refractivity (Wildman–Crippen MR) is 195 cm³/mol. The minimum atomic E-state index is -0.691. The summed E-state index contributed by atoms with van der Waals surface area (Å²) in [6.07, 6.45) is 4.41. The third kappa shape index (κ3) is 5.66. The van der Waals surface area contributed by atoms with Gasteiger partial charge in [0.25, 0.3) is 5.91 Å². The topological polar surface area (TPSA) is 120 Å². The number of piperazine rings is 1. The Bertz CT molecular complexity index is 2460. The van der Waals surface area contributed by atoms with Crippen molar-refractivity contribution in [2.24, 2.45) is 0 Å². The number of rotatable bonds is 9. The molecule has 258 valence electrons. The number of nitrogens with zero attached hydrogens (tertiary/aromatic N) is 4. The van der Waals surface area contributed by atoms with E-state index in [1.807, 2.05) is 0 Å². The second-order valence-electron chi connectivity index (χ2n) is 13.6. The molecule has 0 bridgehead atoms. The average molecular weight is 679 g/mol. The van der Waals surface area contributed by atoms with Crippen LogP contribution in [0, 0.1) is 5.82 Å². The fraction of sp³-hybridized carbons (Fsp3) is 0.368. The molecule has 2 N–H and O–H groups in total. The molecule has 2 aliphatic rings. The highest BCUT2D eigenvalue weighted by atomic mass is 19.1. The first-order chi connectivity index (χ1) is 24.3. The van der Waals surface area contributed by atoms with Gasteiger partial charge in [0.05, 0.1) is 10.9 Å². The molecule has 1 amide bonds. The average Bonchev–Trinajstić information content (AvgIpc) is 3.65. The number of hydrogen-bond acceptors (Lipinski definition) is 9. The summed E-state index contributed by atoms with van der Waals surface area (Å²) < 4.78 is 24.0. The Kier molecular flexibility index (Phi) is 8.46. The summed E-state index contributed by atoms with van der Waals surface area (Å²) >= 11 is 0. The summed E-state index contributed by atoms with van der Waals surface area (Å²) in [4.78, 5) is 61.7. The van der Waals surface area contributed by atoms with E-state index in [0.29, 0.717) is 42.3 Å². The number of carbonyl (C=O) groups is 1. The van der Waals surface area contributed by atoms with Gasteiger partial charge in [0.1, 0.15) is 16.8 Å². The zero-order valence-electron chi connectivity index (χ0n) is 28.0. The molecule has 2 fully saturated rings. The smallest absolute Gasteiger partial charge is 0.256 e. The highest BCUT2D eigenvalue weighted by molar-refractivity contribution is 6.08. The van der Waals surface area contributed by atoms with Crippen molar-refractivity contribution in [1.82, 2.24) is 24.4 Å². The molecule has 0 spiro atoms. The van der Waals surface area contributed by atoms with Gasteiger partial charge in [0.2, 0.25) is 5.43 Å². The Morgan fingerprint density at radius 1 is 0.800 bits per heavy atom. The van der Waals surface area contributed by atoms with Crippen molar-refractivity contribution in [2.45, 2.75) is 19.3 Å². The van der Waals surface area contributed by atoms with Gasteiger partial charge < -0.3 is 34.2 Å². The molecule has 2 aromatic heterocycles. The maximum Gasteiger partial charge on any atom is 0.256 e. The van der Waals surface area contributed by atoms with Crippen molar-refractivity contribution < 1.29 is 13.6 Å². The van der Waals surface area contributed by atoms with Gasteiger partial charge in [-0.25, -0.2) is 4.39 Å². The minimum Gasteiger partial charge on any atom is -0.451 e. The summed E-state index contributed by atoms with van der Waals surface area (Å²) in [6, 6.07) is 10.9. The van der Waals surface area contributed by atoms with Crippen LogP contribution in [-0.2, 0) is 0 Å². The standard InChI is InChI=1S/C38H39FN6O5/c1-42-15-17-44(18-16-42)13-6-9-41-38(49)28-22-45-30-20-25-26(35(47)24-8-3-2-7-23(24)34(25)46)21-31(30)50-37-32(40-10-14-43-11-4-5-12-43)29(39)19-27(33(37)45)36(28)48/h2-3,7-8,19-22,40H,4-6,9-18H2,1H3,(H,41,49). The molecular weight excluding hydrogens is 639 g/mol. The van der Waals surface area contributed by atoms with Crippen molar-refractivity contribution >= 4 is 60.7 Å². The van der Waals surface area contributed by atoms with Crippen LogP contribution in [0.4, 0.5) is 10.1 Å². The van der Waals surface area contributed by atoms with Crippen LogP contribution in [0.5, 0.6) is 0 Å². The van der Waals surface area contributed by atoms with E-state index in [4.69, 9.17) is 4.42 Å². The summed E-state index contributed by atoms with van der Waals surface area (Å²) in [5.74, 6) is -1.26. The van der Waals surface area contributed by atoms with Gasteiger partial charge in [-0.15, -0.1) is 0 Å². The Morgan fingerprint density at radius 2 is 1.48 bits per heavy atom. The number of aromatic nitrogens is 1. The monoisotopic (exact) mass is 678 g/mol. The second kappa shape index (κ2) is 13.1. The highest BCUT2D eigenvalue weighted by Gasteiger charge is 2.24. The molecular formula is C38H39FN6O5. The van der Waals surface area contributed by atoms with Crippen LogP contribution in [-0.4, -0.2) is 97.5 Å². The fourth-order valence-electron chi connectivity index (χ4n) is 7.55. The predicted octanol–water partition coefficient (Wildman–Crippen LogP) is 3.68. The number of likely N-dealkylation sites (N-methyl/N-ethyl adjacent to an activating group) is 1. The lowest BCUT2D eigenvalue weighted by atomic mass is 10.0. The molecule has 2 saturated heterocycles. The van der Waals surface area contributed by atoms with Gasteiger partial charge >= 0.3 is 0 Å². The lowest BCUT2D eigenvalue weighted by molar-refractivity contribution is 0.0948. The normalized spacial score (nSPS) is 16.4. The van der Waals surface area contributed by atoms with E-state index in [0.717, 1.165) is 64.7 Å². The molecule has 11 nitrogen and oxygen atoms in total. The number of nitrogens with one attached hydrogen (secondary N) is 2. The van der Waals surface area contributed by atoms with Crippen LogP contribution in [0.25, 0.3) is 49.1 Å². The first-order valence-corrected chi connectivity index (χ1v) is 17.4. The highest BCUT2D eigenvalue weighted by Crippen LogP contribution is 2.34. The summed E-state index contributed by atoms with van der Waals surface area (Å²) in [5, 5.41) is 7.01. The Morgan fingerprint density at radius 3 is 2.20 bits per heavy atom. The maximum absolute atomic E-state index is 16.0. The molecule has 0 unspecified atom stereocenters.